The molecule has 0 radical (unpaired) electrons. The van der Waals surface area contributed by atoms with Crippen molar-refractivity contribution in [2.45, 2.75) is 165 Å². The molecule has 0 aromatic carbocycles. The van der Waals surface area contributed by atoms with Crippen LogP contribution in [0.5, 0.6) is 0 Å². The molecule has 4 atom stereocenters. The van der Waals surface area contributed by atoms with Crippen LogP contribution in [0.3, 0.4) is 0 Å². The first-order valence-corrected chi connectivity index (χ1v) is 23.4. The first-order chi connectivity index (χ1) is 19.2. The molecule has 9 nitrogen and oxygen atoms in total. The molecule has 2 N–H and O–H groups in total. The normalized spacial score (nSPS) is 21.5. The van der Waals surface area contributed by atoms with Crippen LogP contribution in [0.15, 0.2) is 0 Å². The molecule has 2 rings (SSSR count). The Morgan fingerprint density at radius 1 is 0.762 bits per heavy atom. The van der Waals surface area contributed by atoms with E-state index in [0.29, 0.717) is 38.9 Å². The minimum absolute atomic E-state index is 0.262. The maximum Gasteiger partial charge on any atom is 0.411 e. The Labute approximate surface area is 258 Å². The Kier molecular flexibility index (Phi) is 13.6. The van der Waals surface area contributed by atoms with Crippen LogP contribution in [0.2, 0.25) is 51.4 Å². The number of amides is 1. The van der Waals surface area contributed by atoms with Crippen molar-refractivity contribution in [2.24, 2.45) is 0 Å². The third kappa shape index (κ3) is 12.5. The summed E-state index contributed by atoms with van der Waals surface area (Å²) in [6, 6.07) is 0.479. The topological polar surface area (TPSA) is 107 Å². The van der Waals surface area contributed by atoms with E-state index in [-0.39, 0.29) is 12.8 Å². The molecule has 0 spiro atoms. The van der Waals surface area contributed by atoms with E-state index in [9.17, 15) is 15.0 Å². The van der Waals surface area contributed by atoms with Crippen molar-refractivity contribution in [3.63, 3.8) is 0 Å². The van der Waals surface area contributed by atoms with Crippen LogP contribution in [0.1, 0.15) is 72.1 Å². The first kappa shape index (κ1) is 37.6. The number of nitrogens with zero attached hydrogens (tertiary/aromatic N) is 1. The molecular weight excluding hydrogens is 571 g/mol. The highest BCUT2D eigenvalue weighted by Gasteiger charge is 2.50. The molecule has 2 aliphatic carbocycles. The Morgan fingerprint density at radius 2 is 1.12 bits per heavy atom. The van der Waals surface area contributed by atoms with Gasteiger partial charge >= 0.3 is 6.09 Å². The molecule has 2 saturated carbocycles. The van der Waals surface area contributed by atoms with Gasteiger partial charge in [0.1, 0.15) is 5.60 Å². The maximum atomic E-state index is 14.3. The minimum Gasteiger partial charge on any atom is -0.444 e. The Hall–Kier alpha value is -0.536. The van der Waals surface area contributed by atoms with E-state index in [1.807, 2.05) is 20.8 Å². The highest BCUT2D eigenvalue weighted by Crippen LogP contribution is 2.42. The molecule has 0 aromatic rings. The Balaban J connectivity index is 2.58. The quantitative estimate of drug-likeness (QED) is 0.135. The van der Waals surface area contributed by atoms with E-state index in [2.05, 4.69) is 39.3 Å². The summed E-state index contributed by atoms with van der Waals surface area (Å²) >= 11 is 0. The summed E-state index contributed by atoms with van der Waals surface area (Å²) in [6.07, 6.45) is 2.77. The number of rotatable bonds is 18. The average molecular weight is 634 g/mol. The maximum absolute atomic E-state index is 14.3. The van der Waals surface area contributed by atoms with Gasteiger partial charge < -0.3 is 33.9 Å². The van der Waals surface area contributed by atoms with Gasteiger partial charge in [0.25, 0.3) is 0 Å². The second-order valence-electron chi connectivity index (χ2n) is 16.2. The molecule has 248 valence electrons. The van der Waals surface area contributed by atoms with Crippen LogP contribution in [0.25, 0.3) is 0 Å². The number of ether oxygens (including phenoxy) is 5. The second kappa shape index (κ2) is 15.2. The second-order valence-corrected chi connectivity index (χ2v) is 27.4. The zero-order valence-electron chi connectivity index (χ0n) is 28.6. The van der Waals surface area contributed by atoms with E-state index < -0.39 is 63.7 Å². The smallest absolute Gasteiger partial charge is 0.411 e. The largest absolute Gasteiger partial charge is 0.444 e. The number of aliphatic hydroxyl groups is 2. The van der Waals surface area contributed by atoms with E-state index in [0.717, 1.165) is 24.9 Å². The van der Waals surface area contributed by atoms with Crippen molar-refractivity contribution in [3.05, 3.63) is 0 Å². The minimum atomic E-state index is -1.40. The molecule has 1 amide bonds. The van der Waals surface area contributed by atoms with Gasteiger partial charge in [-0.25, -0.2) is 4.79 Å². The Bertz CT molecular complexity index is 776. The summed E-state index contributed by atoms with van der Waals surface area (Å²) in [5.41, 5.74) is -2.65. The van der Waals surface area contributed by atoms with Gasteiger partial charge in [-0.2, -0.15) is 0 Å². The van der Waals surface area contributed by atoms with E-state index in [1.54, 1.807) is 19.1 Å². The fraction of sp³-hybridized carbons (Fsp3) is 0.968. The lowest BCUT2D eigenvalue weighted by atomic mass is 9.74. The van der Waals surface area contributed by atoms with Crippen molar-refractivity contribution >= 4 is 22.2 Å². The van der Waals surface area contributed by atoms with E-state index in [1.165, 1.54) is 0 Å². The molecule has 42 heavy (non-hydrogen) atoms. The summed E-state index contributed by atoms with van der Waals surface area (Å²) in [7, 11) is 0.351. The first-order valence-electron chi connectivity index (χ1n) is 15.9. The number of methoxy groups -OCH3 is 2. The monoisotopic (exact) mass is 633 g/mol. The van der Waals surface area contributed by atoms with Gasteiger partial charge in [-0.05, 0) is 71.4 Å². The van der Waals surface area contributed by atoms with Gasteiger partial charge in [0.2, 0.25) is 0 Å². The number of hydrogen-bond acceptors (Lipinski definition) is 8. The molecule has 2 fully saturated rings. The molecule has 0 saturated heterocycles. The predicted molar refractivity (Wildman–Crippen MR) is 172 cm³/mol. The lowest BCUT2D eigenvalue weighted by molar-refractivity contribution is -0.217. The van der Waals surface area contributed by atoms with Gasteiger partial charge in [0.15, 0.2) is 12.6 Å². The lowest BCUT2D eigenvalue weighted by Crippen LogP contribution is -2.62. The van der Waals surface area contributed by atoms with Crippen LogP contribution >= 0.6 is 0 Å². The third-order valence-corrected chi connectivity index (χ3v) is 11.8. The van der Waals surface area contributed by atoms with Crippen molar-refractivity contribution < 1.29 is 38.7 Å². The van der Waals surface area contributed by atoms with E-state index >= 15 is 0 Å². The zero-order valence-corrected chi connectivity index (χ0v) is 30.6. The van der Waals surface area contributed by atoms with Crippen molar-refractivity contribution in [2.75, 3.05) is 27.4 Å². The van der Waals surface area contributed by atoms with Gasteiger partial charge in [-0.1, -0.05) is 39.3 Å². The Morgan fingerprint density at radius 3 is 1.36 bits per heavy atom. The molecule has 0 bridgehead atoms. The zero-order chi connectivity index (χ0) is 32.0. The third-order valence-electron chi connectivity index (χ3n) is 8.43. The van der Waals surface area contributed by atoms with Gasteiger partial charge in [0.05, 0.1) is 23.3 Å². The van der Waals surface area contributed by atoms with Gasteiger partial charge in [-0.15, -0.1) is 0 Å². The summed E-state index contributed by atoms with van der Waals surface area (Å²) in [5.74, 6) is 0. The van der Waals surface area contributed by atoms with Crippen LogP contribution in [-0.4, -0.2) is 106 Å². The lowest BCUT2D eigenvalue weighted by Gasteiger charge is -2.50. The molecule has 4 unspecified atom stereocenters. The van der Waals surface area contributed by atoms with Crippen LogP contribution < -0.4 is 0 Å². The molecular formula is C31H63NO8Si2. The summed E-state index contributed by atoms with van der Waals surface area (Å²) in [6.45, 7) is 20.2. The number of carbonyl (C=O) groups is 1. The number of carbonyl (C=O) groups excluding carboxylic acids is 1. The van der Waals surface area contributed by atoms with Crippen LogP contribution in [-0.2, 0) is 23.7 Å². The highest BCUT2D eigenvalue weighted by molar-refractivity contribution is 6.76. The fourth-order valence-electron chi connectivity index (χ4n) is 5.47. The highest BCUT2D eigenvalue weighted by atomic mass is 28.3. The summed E-state index contributed by atoms with van der Waals surface area (Å²) < 4.78 is 30.7. The van der Waals surface area contributed by atoms with Crippen LogP contribution in [0, 0.1) is 0 Å². The number of hydrogen-bond donors (Lipinski definition) is 2. The SMILES string of the molecule is COC(OCC[Si](C)(C)C)C(CC1(O)CCC1)N(C(=O)OC(C)(C)C)C(CC1(O)CCC1)C(OC)OCC[Si](C)(C)C. The average Bonchev–Trinajstić information content (AvgIpc) is 2.79. The summed E-state index contributed by atoms with van der Waals surface area (Å²) in [5, 5.41) is 22.9. The standard InChI is InChI=1S/C31H63NO8Si2/c1-29(2,3)40-28(33)32(24(22-30(34)14-12-15-30)26(36-4)38-18-20-41(6,7)8)25(23-31(35)16-13-17-31)27(37-5)39-19-21-42(9,10)11/h24-27,34-35H,12-23H2,1-11H3. The molecule has 0 heterocycles. The van der Waals surface area contributed by atoms with Crippen molar-refractivity contribution in [3.8, 4) is 0 Å². The molecule has 0 aliphatic heterocycles. The van der Waals surface area contributed by atoms with E-state index in [4.69, 9.17) is 23.7 Å². The fourth-order valence-corrected chi connectivity index (χ4v) is 6.93. The molecule has 2 aliphatic rings. The van der Waals surface area contributed by atoms with Crippen molar-refractivity contribution in [1.82, 2.24) is 4.90 Å². The van der Waals surface area contributed by atoms with Gasteiger partial charge in [0, 0.05) is 56.4 Å². The molecule has 11 heteroatoms. The molecule has 0 aromatic heterocycles. The predicted octanol–water partition coefficient (Wildman–Crippen LogP) is 6.23. The van der Waals surface area contributed by atoms with Gasteiger partial charge in [-0.3, -0.25) is 4.90 Å². The van der Waals surface area contributed by atoms with Crippen LogP contribution in [0.4, 0.5) is 4.79 Å². The summed E-state index contributed by atoms with van der Waals surface area (Å²) in [4.78, 5) is 15.9. The van der Waals surface area contributed by atoms with Crippen molar-refractivity contribution in [1.29, 1.82) is 0 Å².